The third kappa shape index (κ3) is 4.29. The van der Waals surface area contributed by atoms with Crippen LogP contribution in [-0.2, 0) is 16.0 Å². The molecule has 1 N–H and O–H groups in total. The summed E-state index contributed by atoms with van der Waals surface area (Å²) >= 11 is 1.58. The van der Waals surface area contributed by atoms with E-state index in [-0.39, 0.29) is 11.9 Å². The number of hydrogen-bond donors (Lipinski definition) is 1. The minimum atomic E-state index is -0.562. The van der Waals surface area contributed by atoms with Gasteiger partial charge in [0, 0.05) is 5.75 Å². The van der Waals surface area contributed by atoms with E-state index in [4.69, 9.17) is 4.74 Å². The number of amides is 2. The molecule has 1 aliphatic carbocycles. The highest BCUT2D eigenvalue weighted by Crippen LogP contribution is 2.30. The van der Waals surface area contributed by atoms with Crippen LogP contribution >= 0.6 is 11.8 Å². The van der Waals surface area contributed by atoms with E-state index < -0.39 is 17.7 Å². The highest BCUT2D eigenvalue weighted by molar-refractivity contribution is 7.99. The quantitative estimate of drug-likeness (QED) is 0.875. The van der Waals surface area contributed by atoms with E-state index in [9.17, 15) is 9.59 Å². The summed E-state index contributed by atoms with van der Waals surface area (Å²) in [6.07, 6.45) is 2.65. The first-order chi connectivity index (χ1) is 11.8. The normalized spacial score (nSPS) is 23.1. The number of ether oxygens (including phenoxy) is 1. The standard InChI is InChI=1S/C19H26N2O3S/c1-19(2,3)24-18(23)21-12-25-11-16(21)17(22)20-15-10-6-8-13-7-4-5-9-14(13)15/h4-5,7,9,15-16H,6,8,10-12H2,1-3H3,(H,20,22)/t15-,16?/m1/s1. The molecule has 1 aliphatic heterocycles. The summed E-state index contributed by atoms with van der Waals surface area (Å²) in [5, 5.41) is 3.16. The zero-order chi connectivity index (χ0) is 18.0. The van der Waals surface area contributed by atoms with E-state index in [0.29, 0.717) is 11.6 Å². The fourth-order valence-electron chi connectivity index (χ4n) is 3.33. The first-order valence-electron chi connectivity index (χ1n) is 8.81. The van der Waals surface area contributed by atoms with Gasteiger partial charge in [0.05, 0.1) is 11.9 Å². The monoisotopic (exact) mass is 362 g/mol. The van der Waals surface area contributed by atoms with E-state index >= 15 is 0 Å². The molecule has 1 aromatic rings. The number of aryl methyl sites for hydroxylation is 1. The van der Waals surface area contributed by atoms with Crippen molar-refractivity contribution < 1.29 is 14.3 Å². The Balaban J connectivity index is 1.68. The summed E-state index contributed by atoms with van der Waals surface area (Å²) in [6.45, 7) is 5.51. The van der Waals surface area contributed by atoms with Crippen LogP contribution in [0.4, 0.5) is 4.79 Å². The van der Waals surface area contributed by atoms with E-state index in [2.05, 4.69) is 17.4 Å². The Labute approximate surface area is 153 Å². The molecule has 25 heavy (non-hydrogen) atoms. The molecule has 0 spiro atoms. The Morgan fingerprint density at radius 3 is 2.80 bits per heavy atom. The maximum absolute atomic E-state index is 12.8. The van der Waals surface area contributed by atoms with Crippen molar-refractivity contribution in [3.63, 3.8) is 0 Å². The van der Waals surface area contributed by atoms with Crippen molar-refractivity contribution in [2.75, 3.05) is 11.6 Å². The third-order valence-corrected chi connectivity index (χ3v) is 5.51. The van der Waals surface area contributed by atoms with Crippen molar-refractivity contribution >= 4 is 23.8 Å². The lowest BCUT2D eigenvalue weighted by Crippen LogP contribution is -2.49. The molecule has 0 saturated carbocycles. The van der Waals surface area contributed by atoms with Crippen molar-refractivity contribution in [2.45, 2.75) is 57.7 Å². The smallest absolute Gasteiger partial charge is 0.411 e. The predicted octanol–water partition coefficient (Wildman–Crippen LogP) is 3.49. The van der Waals surface area contributed by atoms with E-state index in [1.165, 1.54) is 11.1 Å². The van der Waals surface area contributed by atoms with Gasteiger partial charge in [-0.2, -0.15) is 0 Å². The van der Waals surface area contributed by atoms with Crippen molar-refractivity contribution in [1.29, 1.82) is 0 Å². The molecule has 1 unspecified atom stereocenters. The van der Waals surface area contributed by atoms with Gasteiger partial charge in [-0.15, -0.1) is 11.8 Å². The first-order valence-corrected chi connectivity index (χ1v) is 9.96. The SMILES string of the molecule is CC(C)(C)OC(=O)N1CSCC1C(=O)N[C@@H]1CCCc2ccccc21. The molecule has 1 aromatic carbocycles. The van der Waals surface area contributed by atoms with Gasteiger partial charge in [0.25, 0.3) is 0 Å². The lowest BCUT2D eigenvalue weighted by atomic mass is 9.87. The first kappa shape index (κ1) is 18.1. The molecule has 2 atom stereocenters. The molecule has 1 saturated heterocycles. The number of carbonyl (C=O) groups excluding carboxylic acids is 2. The molecule has 0 bridgehead atoms. The molecule has 2 amide bonds. The van der Waals surface area contributed by atoms with Gasteiger partial charge in [-0.05, 0) is 51.2 Å². The fraction of sp³-hybridized carbons (Fsp3) is 0.579. The number of rotatable bonds is 2. The van der Waals surface area contributed by atoms with E-state index in [1.54, 1.807) is 16.7 Å². The van der Waals surface area contributed by atoms with Gasteiger partial charge in [-0.1, -0.05) is 24.3 Å². The Kier molecular flexibility index (Phi) is 5.27. The lowest BCUT2D eigenvalue weighted by Gasteiger charge is -2.30. The molecule has 136 valence electrons. The number of carbonyl (C=O) groups is 2. The number of hydrogen-bond acceptors (Lipinski definition) is 4. The Morgan fingerprint density at radius 2 is 2.04 bits per heavy atom. The van der Waals surface area contributed by atoms with E-state index in [1.807, 2.05) is 32.9 Å². The molecule has 0 aromatic heterocycles. The van der Waals surface area contributed by atoms with Crippen molar-refractivity contribution in [3.05, 3.63) is 35.4 Å². The van der Waals surface area contributed by atoms with Crippen LogP contribution in [0.15, 0.2) is 24.3 Å². The second-order valence-electron chi connectivity index (χ2n) is 7.62. The zero-order valence-electron chi connectivity index (χ0n) is 15.1. The summed E-state index contributed by atoms with van der Waals surface area (Å²) in [6, 6.07) is 7.85. The number of benzene rings is 1. The number of nitrogens with one attached hydrogen (secondary N) is 1. The number of thioether (sulfide) groups is 1. The molecule has 3 rings (SSSR count). The van der Waals surface area contributed by atoms with Gasteiger partial charge in [-0.3, -0.25) is 9.69 Å². The predicted molar refractivity (Wildman–Crippen MR) is 99.4 cm³/mol. The minimum absolute atomic E-state index is 0.0311. The van der Waals surface area contributed by atoms with Gasteiger partial charge in [0.2, 0.25) is 5.91 Å². The van der Waals surface area contributed by atoms with Crippen LogP contribution in [0.1, 0.15) is 50.8 Å². The van der Waals surface area contributed by atoms with Crippen LogP contribution in [0.3, 0.4) is 0 Å². The van der Waals surface area contributed by atoms with Crippen LogP contribution in [0, 0.1) is 0 Å². The molecule has 5 nitrogen and oxygen atoms in total. The van der Waals surface area contributed by atoms with E-state index in [0.717, 1.165) is 19.3 Å². The molecule has 6 heteroatoms. The molecule has 0 radical (unpaired) electrons. The molecular formula is C19H26N2O3S. The summed E-state index contributed by atoms with van der Waals surface area (Å²) < 4.78 is 5.44. The average molecular weight is 362 g/mol. The topological polar surface area (TPSA) is 58.6 Å². The third-order valence-electron chi connectivity index (χ3n) is 4.50. The lowest BCUT2D eigenvalue weighted by molar-refractivity contribution is -0.126. The minimum Gasteiger partial charge on any atom is -0.444 e. The highest BCUT2D eigenvalue weighted by Gasteiger charge is 2.38. The Morgan fingerprint density at radius 1 is 1.28 bits per heavy atom. The second kappa shape index (κ2) is 7.28. The van der Waals surface area contributed by atoms with Crippen molar-refractivity contribution in [1.82, 2.24) is 10.2 Å². The van der Waals surface area contributed by atoms with Crippen molar-refractivity contribution in [2.24, 2.45) is 0 Å². The summed E-state index contributed by atoms with van der Waals surface area (Å²) in [5.74, 6) is 1.02. The van der Waals surface area contributed by atoms with Gasteiger partial charge in [0.15, 0.2) is 0 Å². The van der Waals surface area contributed by atoms with Gasteiger partial charge in [0.1, 0.15) is 11.6 Å². The van der Waals surface area contributed by atoms with Gasteiger partial charge in [-0.25, -0.2) is 4.79 Å². The molecule has 2 aliphatic rings. The summed E-state index contributed by atoms with van der Waals surface area (Å²) in [4.78, 5) is 26.7. The maximum atomic E-state index is 12.8. The fourth-order valence-corrected chi connectivity index (χ4v) is 4.47. The van der Waals surface area contributed by atoms with Crippen LogP contribution < -0.4 is 5.32 Å². The van der Waals surface area contributed by atoms with Crippen LogP contribution in [0.5, 0.6) is 0 Å². The molecule has 1 fully saturated rings. The molecule has 1 heterocycles. The zero-order valence-corrected chi connectivity index (χ0v) is 15.9. The molecular weight excluding hydrogens is 336 g/mol. The number of fused-ring (bicyclic) bond motifs is 1. The van der Waals surface area contributed by atoms with Gasteiger partial charge < -0.3 is 10.1 Å². The average Bonchev–Trinajstić information content (AvgIpc) is 3.03. The van der Waals surface area contributed by atoms with Crippen molar-refractivity contribution in [3.8, 4) is 0 Å². The van der Waals surface area contributed by atoms with Gasteiger partial charge >= 0.3 is 6.09 Å². The number of nitrogens with zero attached hydrogens (tertiary/aromatic N) is 1. The summed E-state index contributed by atoms with van der Waals surface area (Å²) in [7, 11) is 0. The Bertz CT molecular complexity index is 656. The maximum Gasteiger partial charge on any atom is 0.411 e. The second-order valence-corrected chi connectivity index (χ2v) is 8.62. The summed E-state index contributed by atoms with van der Waals surface area (Å²) in [5.41, 5.74) is 1.95. The highest BCUT2D eigenvalue weighted by atomic mass is 32.2. The van der Waals surface area contributed by atoms with Crippen LogP contribution in [-0.4, -0.2) is 40.2 Å². The van der Waals surface area contributed by atoms with Crippen LogP contribution in [0.2, 0.25) is 0 Å². The largest absolute Gasteiger partial charge is 0.444 e. The Hall–Kier alpha value is -1.69. The van der Waals surface area contributed by atoms with Crippen LogP contribution in [0.25, 0.3) is 0 Å².